The first kappa shape index (κ1) is 25.7. The minimum absolute atomic E-state index is 0. The number of hydrogen-bond donors (Lipinski definition) is 1. The van der Waals surface area contributed by atoms with Crippen LogP contribution < -0.4 is 5.32 Å². The minimum Gasteiger partial charge on any atom is -0.381 e. The molecule has 3 rings (SSSR count). The Morgan fingerprint density at radius 2 is 1.93 bits per heavy atom. The average Bonchev–Trinajstić information content (AvgIpc) is 2.68. The van der Waals surface area contributed by atoms with Crippen LogP contribution in [0.5, 0.6) is 0 Å². The number of guanidine groups is 1. The van der Waals surface area contributed by atoms with Crippen molar-refractivity contribution in [1.82, 2.24) is 10.2 Å². The number of ether oxygens (including phenoxy) is 1. The predicted molar refractivity (Wildman–Crippen MR) is 134 cm³/mol. The van der Waals surface area contributed by atoms with Gasteiger partial charge in [0.05, 0.1) is 17.0 Å². The van der Waals surface area contributed by atoms with Gasteiger partial charge < -0.3 is 15.0 Å². The van der Waals surface area contributed by atoms with E-state index in [-0.39, 0.29) is 35.1 Å². The van der Waals surface area contributed by atoms with E-state index in [2.05, 4.69) is 16.3 Å². The lowest BCUT2D eigenvalue weighted by atomic mass is 9.74. The van der Waals surface area contributed by atoms with Crippen LogP contribution in [0.1, 0.15) is 39.2 Å². The predicted octanol–water partition coefficient (Wildman–Crippen LogP) is 3.48. The molecule has 0 aliphatic carbocycles. The van der Waals surface area contributed by atoms with E-state index in [9.17, 15) is 8.42 Å². The zero-order valence-corrected chi connectivity index (χ0v) is 21.9. The van der Waals surface area contributed by atoms with Gasteiger partial charge in [-0.15, -0.1) is 24.0 Å². The number of hydrogen-bond acceptors (Lipinski definition) is 4. The van der Waals surface area contributed by atoms with Crippen LogP contribution in [0, 0.1) is 0 Å². The fourth-order valence-electron chi connectivity index (χ4n) is 4.14. The Labute approximate surface area is 202 Å². The van der Waals surface area contributed by atoms with Crippen LogP contribution in [-0.4, -0.2) is 69.2 Å². The number of aliphatic imine (C=N–C) groups is 1. The van der Waals surface area contributed by atoms with E-state index in [1.54, 1.807) is 13.8 Å². The van der Waals surface area contributed by atoms with Crippen LogP contribution in [-0.2, 0) is 20.0 Å². The van der Waals surface area contributed by atoms with E-state index in [0.29, 0.717) is 32.8 Å². The highest BCUT2D eigenvalue weighted by atomic mass is 127. The lowest BCUT2D eigenvalue weighted by Crippen LogP contribution is -2.57. The summed E-state index contributed by atoms with van der Waals surface area (Å²) in [4.78, 5) is 7.06. The highest BCUT2D eigenvalue weighted by Gasteiger charge is 2.41. The van der Waals surface area contributed by atoms with E-state index in [4.69, 9.17) is 21.3 Å². The number of benzene rings is 1. The summed E-state index contributed by atoms with van der Waals surface area (Å²) in [5.74, 6) is 0.918. The lowest BCUT2D eigenvalue weighted by molar-refractivity contribution is 0.0530. The van der Waals surface area contributed by atoms with Gasteiger partial charge in [0.1, 0.15) is 0 Å². The van der Waals surface area contributed by atoms with Gasteiger partial charge >= 0.3 is 0 Å². The molecule has 0 radical (unpaired) electrons. The maximum Gasteiger partial charge on any atom is 0.194 e. The van der Waals surface area contributed by atoms with Gasteiger partial charge in [0.25, 0.3) is 0 Å². The van der Waals surface area contributed by atoms with Gasteiger partial charge in [-0.3, -0.25) is 4.99 Å². The van der Waals surface area contributed by atoms with Crippen molar-refractivity contribution in [1.29, 1.82) is 0 Å². The van der Waals surface area contributed by atoms with Crippen molar-refractivity contribution in [3.8, 4) is 0 Å². The summed E-state index contributed by atoms with van der Waals surface area (Å²) < 4.78 is 29.6. The Balaban J connectivity index is 0.00000320. The molecule has 1 aromatic carbocycles. The summed E-state index contributed by atoms with van der Waals surface area (Å²) in [6.45, 7) is 9.20. The van der Waals surface area contributed by atoms with Crippen molar-refractivity contribution >= 4 is 51.4 Å². The molecule has 6 nitrogen and oxygen atoms in total. The monoisotopic (exact) mass is 569 g/mol. The highest BCUT2D eigenvalue weighted by Crippen LogP contribution is 2.39. The first-order valence-corrected chi connectivity index (χ1v) is 12.3. The number of halogens is 2. The maximum atomic E-state index is 12.4. The second kappa shape index (κ2) is 10.4. The van der Waals surface area contributed by atoms with Gasteiger partial charge in [-0.1, -0.05) is 29.8 Å². The van der Waals surface area contributed by atoms with E-state index in [1.165, 1.54) is 0 Å². The molecule has 2 aliphatic heterocycles. The quantitative estimate of drug-likeness (QED) is 0.342. The van der Waals surface area contributed by atoms with Gasteiger partial charge in [-0.2, -0.15) is 0 Å². The Kier molecular flexibility index (Phi) is 8.87. The van der Waals surface area contributed by atoms with Gasteiger partial charge in [-0.05, 0) is 45.2 Å². The first-order chi connectivity index (χ1) is 13.7. The molecule has 2 aliphatic rings. The molecule has 0 unspecified atom stereocenters. The molecule has 2 heterocycles. The lowest BCUT2D eigenvalue weighted by Gasteiger charge is -2.40. The second-order valence-electron chi connectivity index (χ2n) is 8.54. The summed E-state index contributed by atoms with van der Waals surface area (Å²) in [5, 5.41) is 4.12. The summed E-state index contributed by atoms with van der Waals surface area (Å²) in [6, 6.07) is 7.99. The van der Waals surface area contributed by atoms with E-state index in [0.717, 1.165) is 35.9 Å². The van der Waals surface area contributed by atoms with Crippen molar-refractivity contribution in [3.05, 3.63) is 34.9 Å². The fraction of sp³-hybridized carbons (Fsp3) is 0.667. The van der Waals surface area contributed by atoms with Crippen LogP contribution in [0.25, 0.3) is 0 Å². The van der Waals surface area contributed by atoms with Crippen molar-refractivity contribution in [2.45, 2.75) is 43.8 Å². The molecule has 2 saturated heterocycles. The number of nitrogens with zero attached hydrogens (tertiary/aromatic N) is 2. The zero-order valence-electron chi connectivity index (χ0n) is 18.0. The number of nitrogens with one attached hydrogen (secondary N) is 1. The standard InChI is InChI=1S/C21H32ClN3O3S.HI/c1-4-23-19(25-11-14-29(26,27)20(2,3)16-25)24-15-21(9-12-28-13-10-21)17-7-5-6-8-18(17)22;/h5-8H,4,9-16H2,1-3H3,(H,23,24);1H. The molecule has 9 heteroatoms. The van der Waals surface area contributed by atoms with Crippen LogP contribution in [0.4, 0.5) is 0 Å². The van der Waals surface area contributed by atoms with Gasteiger partial charge in [0.15, 0.2) is 15.8 Å². The smallest absolute Gasteiger partial charge is 0.194 e. The average molecular weight is 570 g/mol. The molecule has 2 fully saturated rings. The third-order valence-electron chi connectivity index (χ3n) is 6.10. The normalized spacial score (nSPS) is 22.8. The zero-order chi connectivity index (χ0) is 21.1. The summed E-state index contributed by atoms with van der Waals surface area (Å²) in [5.41, 5.74) is 0.945. The molecule has 1 aromatic rings. The molecule has 0 atom stereocenters. The fourth-order valence-corrected chi connectivity index (χ4v) is 5.84. The van der Waals surface area contributed by atoms with Gasteiger partial charge in [0, 0.05) is 43.3 Å². The van der Waals surface area contributed by atoms with Crippen LogP contribution >= 0.6 is 35.6 Å². The molecule has 0 amide bonds. The number of sulfone groups is 1. The highest BCUT2D eigenvalue weighted by molar-refractivity contribution is 14.0. The van der Waals surface area contributed by atoms with Crippen molar-refractivity contribution in [2.24, 2.45) is 4.99 Å². The van der Waals surface area contributed by atoms with Crippen molar-refractivity contribution < 1.29 is 13.2 Å². The topological polar surface area (TPSA) is 71.0 Å². The summed E-state index contributed by atoms with van der Waals surface area (Å²) in [7, 11) is -3.10. The molecule has 0 saturated carbocycles. The van der Waals surface area contributed by atoms with E-state index in [1.807, 2.05) is 25.1 Å². The Morgan fingerprint density at radius 1 is 1.27 bits per heavy atom. The third-order valence-corrected chi connectivity index (χ3v) is 8.97. The van der Waals surface area contributed by atoms with Gasteiger partial charge in [-0.25, -0.2) is 8.42 Å². The summed E-state index contributed by atoms with van der Waals surface area (Å²) >= 11 is 6.56. The van der Waals surface area contributed by atoms with E-state index >= 15 is 0 Å². The molecule has 0 bridgehead atoms. The molecular formula is C21H33ClIN3O3S. The van der Waals surface area contributed by atoms with Crippen LogP contribution in [0.2, 0.25) is 5.02 Å². The second-order valence-corrected chi connectivity index (χ2v) is 11.7. The largest absolute Gasteiger partial charge is 0.381 e. The number of rotatable bonds is 4. The minimum atomic E-state index is -3.10. The molecule has 0 spiro atoms. The molecule has 30 heavy (non-hydrogen) atoms. The van der Waals surface area contributed by atoms with Crippen molar-refractivity contribution in [2.75, 3.05) is 45.1 Å². The molecule has 170 valence electrons. The maximum absolute atomic E-state index is 12.4. The van der Waals surface area contributed by atoms with Crippen LogP contribution in [0.15, 0.2) is 29.3 Å². The Morgan fingerprint density at radius 3 is 2.53 bits per heavy atom. The SMILES string of the molecule is CCNC(=NCC1(c2ccccc2Cl)CCOCC1)N1CCS(=O)(=O)C(C)(C)C1.I. The van der Waals surface area contributed by atoms with E-state index < -0.39 is 14.6 Å². The summed E-state index contributed by atoms with van der Waals surface area (Å²) in [6.07, 6.45) is 1.72. The van der Waals surface area contributed by atoms with Crippen molar-refractivity contribution in [3.63, 3.8) is 0 Å². The first-order valence-electron chi connectivity index (χ1n) is 10.3. The molecule has 0 aromatic heterocycles. The molecule has 1 N–H and O–H groups in total. The van der Waals surface area contributed by atoms with Gasteiger partial charge in [0.2, 0.25) is 0 Å². The Bertz CT molecular complexity index is 855. The van der Waals surface area contributed by atoms with Crippen LogP contribution in [0.3, 0.4) is 0 Å². The third kappa shape index (κ3) is 5.42. The molecular weight excluding hydrogens is 537 g/mol. The Hall–Kier alpha value is -0.580.